The van der Waals surface area contributed by atoms with E-state index < -0.39 is 11.6 Å². The molecule has 0 aliphatic rings. The number of aliphatic hydroxyl groups excluding tert-OH is 1. The van der Waals surface area contributed by atoms with Crippen LogP contribution in [0.1, 0.15) is 16.6 Å². The number of thiazole rings is 1. The van der Waals surface area contributed by atoms with Gasteiger partial charge in [-0.05, 0) is 25.1 Å². The number of carbonyl (C=O) groups excluding carboxylic acids is 1. The molecule has 0 bridgehead atoms. The van der Waals surface area contributed by atoms with Crippen LogP contribution in [0.2, 0.25) is 0 Å². The standard InChI is InChI=1S/C13H12F2N2O2S/c1-7(6-18)17-12(19)11-5-16-13(20-11)8-2-3-9(14)10(15)4-8/h2-5,7,18H,6H2,1H3,(H,17,19). The zero-order chi connectivity index (χ0) is 14.7. The topological polar surface area (TPSA) is 62.2 Å². The Morgan fingerprint density at radius 2 is 2.20 bits per heavy atom. The molecule has 1 aromatic heterocycles. The molecule has 0 saturated carbocycles. The van der Waals surface area contributed by atoms with E-state index in [0.717, 1.165) is 23.5 Å². The molecule has 0 aliphatic carbocycles. The second-order valence-corrected chi connectivity index (χ2v) is 5.25. The van der Waals surface area contributed by atoms with Gasteiger partial charge in [0, 0.05) is 11.6 Å². The molecule has 0 radical (unpaired) electrons. The molecule has 20 heavy (non-hydrogen) atoms. The van der Waals surface area contributed by atoms with E-state index in [0.29, 0.717) is 15.4 Å². The fourth-order valence-electron chi connectivity index (χ4n) is 1.48. The summed E-state index contributed by atoms with van der Waals surface area (Å²) >= 11 is 1.07. The van der Waals surface area contributed by atoms with E-state index in [9.17, 15) is 13.6 Å². The lowest BCUT2D eigenvalue weighted by molar-refractivity contribution is 0.0926. The zero-order valence-corrected chi connectivity index (χ0v) is 11.4. The molecule has 2 rings (SSSR count). The molecule has 106 valence electrons. The minimum Gasteiger partial charge on any atom is -0.394 e. The molecule has 1 aromatic carbocycles. The van der Waals surface area contributed by atoms with Crippen molar-refractivity contribution in [1.82, 2.24) is 10.3 Å². The summed E-state index contributed by atoms with van der Waals surface area (Å²) in [6, 6.07) is 3.08. The van der Waals surface area contributed by atoms with E-state index in [-0.39, 0.29) is 18.6 Å². The van der Waals surface area contributed by atoms with Gasteiger partial charge in [-0.1, -0.05) is 0 Å². The Morgan fingerprint density at radius 1 is 1.45 bits per heavy atom. The number of hydrogen-bond acceptors (Lipinski definition) is 4. The van der Waals surface area contributed by atoms with E-state index >= 15 is 0 Å². The zero-order valence-electron chi connectivity index (χ0n) is 10.6. The Bertz CT molecular complexity index is 631. The van der Waals surface area contributed by atoms with E-state index in [1.807, 2.05) is 0 Å². The first-order valence-corrected chi connectivity index (χ1v) is 6.66. The molecule has 1 unspecified atom stereocenters. The third-order valence-electron chi connectivity index (χ3n) is 2.55. The fourth-order valence-corrected chi connectivity index (χ4v) is 2.30. The van der Waals surface area contributed by atoms with Crippen LogP contribution in [-0.2, 0) is 0 Å². The average molecular weight is 298 g/mol. The summed E-state index contributed by atoms with van der Waals surface area (Å²) in [6.45, 7) is 1.50. The first-order chi connectivity index (χ1) is 9.51. The molecule has 4 nitrogen and oxygen atoms in total. The Kier molecular flexibility index (Phi) is 4.41. The van der Waals surface area contributed by atoms with Crippen molar-refractivity contribution in [1.29, 1.82) is 0 Å². The first kappa shape index (κ1) is 14.5. The number of nitrogens with one attached hydrogen (secondary N) is 1. The predicted octanol–water partition coefficient (Wildman–Crippen LogP) is 2.20. The van der Waals surface area contributed by atoms with Gasteiger partial charge in [0.1, 0.15) is 9.88 Å². The number of nitrogens with zero attached hydrogens (tertiary/aromatic N) is 1. The second-order valence-electron chi connectivity index (χ2n) is 4.22. The summed E-state index contributed by atoms with van der Waals surface area (Å²) in [5.41, 5.74) is 0.406. The first-order valence-electron chi connectivity index (χ1n) is 5.84. The quantitative estimate of drug-likeness (QED) is 0.909. The number of hydrogen-bond donors (Lipinski definition) is 2. The maximum atomic E-state index is 13.1. The highest BCUT2D eigenvalue weighted by Crippen LogP contribution is 2.26. The predicted molar refractivity (Wildman–Crippen MR) is 71.5 cm³/mol. The van der Waals surface area contributed by atoms with Crippen LogP contribution in [0.4, 0.5) is 8.78 Å². The van der Waals surface area contributed by atoms with Gasteiger partial charge in [0.05, 0.1) is 12.8 Å². The van der Waals surface area contributed by atoms with Gasteiger partial charge in [-0.15, -0.1) is 11.3 Å². The van der Waals surface area contributed by atoms with Gasteiger partial charge in [0.15, 0.2) is 11.6 Å². The van der Waals surface area contributed by atoms with Gasteiger partial charge in [-0.25, -0.2) is 13.8 Å². The minimum atomic E-state index is -0.961. The van der Waals surface area contributed by atoms with Crippen molar-refractivity contribution in [2.24, 2.45) is 0 Å². The summed E-state index contributed by atoms with van der Waals surface area (Å²) in [5, 5.41) is 11.9. The molecule has 1 amide bonds. The molecular formula is C13H12F2N2O2S. The summed E-state index contributed by atoms with van der Waals surface area (Å²) in [7, 11) is 0. The van der Waals surface area contributed by atoms with Gasteiger partial charge in [0.25, 0.3) is 5.91 Å². The van der Waals surface area contributed by atoms with E-state index in [1.54, 1.807) is 6.92 Å². The highest BCUT2D eigenvalue weighted by Gasteiger charge is 2.14. The Labute approximate surface area is 118 Å². The van der Waals surface area contributed by atoms with Gasteiger partial charge in [0.2, 0.25) is 0 Å². The Hall–Kier alpha value is -1.86. The van der Waals surface area contributed by atoms with Crippen LogP contribution in [0.25, 0.3) is 10.6 Å². The molecule has 0 spiro atoms. The molecule has 0 fully saturated rings. The molecule has 2 aromatic rings. The van der Waals surface area contributed by atoms with Crippen molar-refractivity contribution in [2.45, 2.75) is 13.0 Å². The van der Waals surface area contributed by atoms with Crippen molar-refractivity contribution >= 4 is 17.2 Å². The van der Waals surface area contributed by atoms with Crippen LogP contribution in [0.5, 0.6) is 0 Å². The summed E-state index contributed by atoms with van der Waals surface area (Å²) < 4.78 is 26.0. The number of rotatable bonds is 4. The Balaban J connectivity index is 2.20. The van der Waals surface area contributed by atoms with Gasteiger partial charge in [-0.2, -0.15) is 0 Å². The maximum absolute atomic E-state index is 13.1. The average Bonchev–Trinajstić information content (AvgIpc) is 2.91. The number of amides is 1. The Morgan fingerprint density at radius 3 is 2.85 bits per heavy atom. The van der Waals surface area contributed by atoms with Gasteiger partial charge >= 0.3 is 0 Å². The molecule has 0 saturated heterocycles. The summed E-state index contributed by atoms with van der Waals surface area (Å²) in [6.07, 6.45) is 1.36. The second kappa shape index (κ2) is 6.06. The molecule has 1 atom stereocenters. The van der Waals surface area contributed by atoms with Crippen LogP contribution in [-0.4, -0.2) is 28.6 Å². The van der Waals surface area contributed by atoms with Crippen LogP contribution in [0, 0.1) is 11.6 Å². The summed E-state index contributed by atoms with van der Waals surface area (Å²) in [4.78, 5) is 16.1. The van der Waals surface area contributed by atoms with E-state index in [4.69, 9.17) is 5.11 Å². The molecule has 0 aliphatic heterocycles. The van der Waals surface area contributed by atoms with Gasteiger partial charge in [-0.3, -0.25) is 4.79 Å². The lowest BCUT2D eigenvalue weighted by Crippen LogP contribution is -2.34. The van der Waals surface area contributed by atoms with Crippen LogP contribution >= 0.6 is 11.3 Å². The molecule has 2 N–H and O–H groups in total. The largest absolute Gasteiger partial charge is 0.394 e. The third-order valence-corrected chi connectivity index (χ3v) is 3.59. The lowest BCUT2D eigenvalue weighted by Gasteiger charge is -2.08. The molecular weight excluding hydrogens is 286 g/mol. The lowest BCUT2D eigenvalue weighted by atomic mass is 10.2. The smallest absolute Gasteiger partial charge is 0.263 e. The molecule has 7 heteroatoms. The highest BCUT2D eigenvalue weighted by atomic mass is 32.1. The number of halogens is 2. The fraction of sp³-hybridized carbons (Fsp3) is 0.231. The van der Waals surface area contributed by atoms with Crippen molar-refractivity contribution in [2.75, 3.05) is 6.61 Å². The number of aromatic nitrogens is 1. The highest BCUT2D eigenvalue weighted by molar-refractivity contribution is 7.16. The number of carbonyl (C=O) groups is 1. The van der Waals surface area contributed by atoms with Crippen molar-refractivity contribution < 1.29 is 18.7 Å². The van der Waals surface area contributed by atoms with E-state index in [2.05, 4.69) is 10.3 Å². The van der Waals surface area contributed by atoms with Crippen LogP contribution in [0.15, 0.2) is 24.4 Å². The monoisotopic (exact) mass is 298 g/mol. The van der Waals surface area contributed by atoms with Crippen molar-refractivity contribution in [3.8, 4) is 10.6 Å². The third kappa shape index (κ3) is 3.17. The SMILES string of the molecule is CC(CO)NC(=O)c1cnc(-c2ccc(F)c(F)c2)s1. The van der Waals surface area contributed by atoms with Crippen molar-refractivity contribution in [3.05, 3.63) is 40.9 Å². The van der Waals surface area contributed by atoms with Gasteiger partial charge < -0.3 is 10.4 Å². The van der Waals surface area contributed by atoms with Crippen LogP contribution in [0.3, 0.4) is 0 Å². The maximum Gasteiger partial charge on any atom is 0.263 e. The molecule has 1 heterocycles. The summed E-state index contributed by atoms with van der Waals surface area (Å²) in [5.74, 6) is -2.25. The van der Waals surface area contributed by atoms with Crippen LogP contribution < -0.4 is 5.32 Å². The number of aliphatic hydroxyl groups is 1. The van der Waals surface area contributed by atoms with E-state index in [1.165, 1.54) is 12.3 Å². The number of benzene rings is 1. The minimum absolute atomic E-state index is 0.166. The van der Waals surface area contributed by atoms with Crippen molar-refractivity contribution in [3.63, 3.8) is 0 Å². The normalized spacial score (nSPS) is 12.2.